The van der Waals surface area contributed by atoms with Gasteiger partial charge in [-0.05, 0) is 5.41 Å². The van der Waals surface area contributed by atoms with Crippen molar-refractivity contribution in [3.8, 4) is 0 Å². The second-order valence-corrected chi connectivity index (χ2v) is 3.50. The normalized spacial score (nSPS) is 11.1. The Labute approximate surface area is 63.9 Å². The molecule has 0 saturated heterocycles. The molecule has 1 nitrogen and oxygen atoms in total. The number of carbonyl (C=O) groups is 1. The van der Waals surface area contributed by atoms with Crippen LogP contribution in [0.4, 0.5) is 0 Å². The first-order valence-electron chi connectivity index (χ1n) is 3.30. The van der Waals surface area contributed by atoms with E-state index in [2.05, 4.69) is 6.58 Å². The van der Waals surface area contributed by atoms with Gasteiger partial charge in [0.1, 0.15) is 0 Å². The predicted octanol–water partition coefficient (Wildman–Crippen LogP) is 1.67. The molecule has 0 aromatic rings. The molecule has 0 aromatic heterocycles. The van der Waals surface area contributed by atoms with Gasteiger partial charge < -0.3 is 4.79 Å². The zero-order chi connectivity index (χ0) is 8.36. The fourth-order valence-electron chi connectivity index (χ4n) is 0.475. The van der Waals surface area contributed by atoms with E-state index in [0.29, 0.717) is 6.42 Å². The number of rotatable bonds is 2. The van der Waals surface area contributed by atoms with E-state index in [4.69, 9.17) is 7.85 Å². The quantitative estimate of drug-likeness (QED) is 0.416. The van der Waals surface area contributed by atoms with Gasteiger partial charge in [-0.25, -0.2) is 0 Å². The molecule has 0 fully saturated rings. The molecule has 0 heterocycles. The molecule has 54 valence electrons. The van der Waals surface area contributed by atoms with Gasteiger partial charge in [0.2, 0.25) is 0 Å². The van der Waals surface area contributed by atoms with Crippen LogP contribution < -0.4 is 0 Å². The van der Waals surface area contributed by atoms with Gasteiger partial charge in [-0.2, -0.15) is 0 Å². The Morgan fingerprint density at radius 2 is 1.90 bits per heavy atom. The second-order valence-electron chi connectivity index (χ2n) is 3.50. The highest BCUT2D eigenvalue weighted by Crippen LogP contribution is 2.25. The van der Waals surface area contributed by atoms with E-state index in [9.17, 15) is 4.79 Å². The summed E-state index contributed by atoms with van der Waals surface area (Å²) in [6.07, 6.45) is 0.295. The zero-order valence-electron chi connectivity index (χ0n) is 6.90. The molecule has 0 aliphatic carbocycles. The molecule has 2 heteroatoms. The lowest BCUT2D eigenvalue weighted by molar-refractivity contribution is -0.111. The zero-order valence-corrected chi connectivity index (χ0v) is 6.90. The Morgan fingerprint density at radius 3 is 2.00 bits per heavy atom. The van der Waals surface area contributed by atoms with Crippen LogP contribution in [0.5, 0.6) is 0 Å². The van der Waals surface area contributed by atoms with Crippen LogP contribution in [0.3, 0.4) is 0 Å². The first-order valence-corrected chi connectivity index (χ1v) is 3.30. The minimum Gasteiger partial charge on any atom is -0.312 e. The van der Waals surface area contributed by atoms with E-state index in [1.165, 1.54) is 0 Å². The summed E-state index contributed by atoms with van der Waals surface area (Å²) in [7, 11) is 4.99. The summed E-state index contributed by atoms with van der Waals surface area (Å²) in [4.78, 5) is 10.4. The van der Waals surface area contributed by atoms with Crippen molar-refractivity contribution in [2.45, 2.75) is 27.2 Å². The van der Waals surface area contributed by atoms with Gasteiger partial charge in [-0.15, -0.1) is 0 Å². The lowest BCUT2D eigenvalue weighted by Crippen LogP contribution is -2.12. The summed E-state index contributed by atoms with van der Waals surface area (Å²) in [6.45, 7) is 9.80. The monoisotopic (exact) mass is 136 g/mol. The number of allylic oxidation sites excluding steroid dienone is 1. The maximum absolute atomic E-state index is 10.4. The maximum atomic E-state index is 10.4. The molecule has 0 bridgehead atoms. The molecule has 0 rings (SSSR count). The maximum Gasteiger partial charge on any atom is 0.168 e. The number of hydrogen-bond donors (Lipinski definition) is 0. The van der Waals surface area contributed by atoms with Crippen LogP contribution in [0.15, 0.2) is 12.2 Å². The fourth-order valence-corrected chi connectivity index (χ4v) is 0.475. The van der Waals surface area contributed by atoms with E-state index < -0.39 is 0 Å². The van der Waals surface area contributed by atoms with E-state index in [1.54, 1.807) is 0 Å². The van der Waals surface area contributed by atoms with Gasteiger partial charge in [-0.3, -0.25) is 0 Å². The average molecular weight is 136 g/mol. The van der Waals surface area contributed by atoms with E-state index in [1.807, 2.05) is 20.8 Å². The topological polar surface area (TPSA) is 17.1 Å². The lowest BCUT2D eigenvalue weighted by Gasteiger charge is -2.20. The van der Waals surface area contributed by atoms with Gasteiger partial charge in [0.25, 0.3) is 0 Å². The van der Waals surface area contributed by atoms with Crippen molar-refractivity contribution in [2.75, 3.05) is 0 Å². The van der Waals surface area contributed by atoms with Gasteiger partial charge >= 0.3 is 0 Å². The van der Waals surface area contributed by atoms with Gasteiger partial charge in [0.15, 0.2) is 7.85 Å². The van der Waals surface area contributed by atoms with Crippen molar-refractivity contribution in [3.63, 3.8) is 0 Å². The highest BCUT2D eigenvalue weighted by Gasteiger charge is 2.15. The van der Waals surface area contributed by atoms with Crippen molar-refractivity contribution < 1.29 is 4.79 Å². The number of hydrogen-bond acceptors (Lipinski definition) is 1. The van der Waals surface area contributed by atoms with Crippen LogP contribution in [0.2, 0.25) is 0 Å². The standard InChI is InChI=1S/C8H13BO/c1-6(5-7(9)10)8(2,3)4/h1,5H2,2-4H3. The predicted molar refractivity (Wildman–Crippen MR) is 44.0 cm³/mol. The lowest BCUT2D eigenvalue weighted by atomic mass is 9.81. The van der Waals surface area contributed by atoms with Crippen LogP contribution in [0.1, 0.15) is 27.2 Å². The minimum atomic E-state index is -0.306. The molecule has 10 heavy (non-hydrogen) atoms. The third kappa shape index (κ3) is 3.49. The molecule has 0 aliphatic rings. The van der Waals surface area contributed by atoms with E-state index in [0.717, 1.165) is 5.57 Å². The Kier molecular flexibility index (Phi) is 2.88. The summed E-state index contributed by atoms with van der Waals surface area (Å²) in [5.41, 5.74) is 0.578. The van der Waals surface area contributed by atoms with Crippen LogP contribution in [0, 0.1) is 5.41 Å². The Morgan fingerprint density at radius 1 is 1.50 bits per heavy atom. The van der Waals surface area contributed by atoms with Gasteiger partial charge in [0, 0.05) is 6.42 Å². The van der Waals surface area contributed by atoms with Gasteiger partial charge in [-0.1, -0.05) is 32.9 Å². The first-order chi connectivity index (χ1) is 4.34. The molecule has 0 aliphatic heterocycles. The summed E-state index contributed by atoms with van der Waals surface area (Å²) in [5, 5.41) is 0. The second kappa shape index (κ2) is 3.04. The third-order valence-electron chi connectivity index (χ3n) is 1.45. The fraction of sp³-hybridized carbons (Fsp3) is 0.625. The Balaban J connectivity index is 3.99. The van der Waals surface area contributed by atoms with E-state index in [-0.39, 0.29) is 11.1 Å². The molecule has 0 atom stereocenters. The average Bonchev–Trinajstić information content (AvgIpc) is 1.60. The highest BCUT2D eigenvalue weighted by atomic mass is 16.1. The van der Waals surface area contributed by atoms with E-state index >= 15 is 0 Å². The summed E-state index contributed by atoms with van der Waals surface area (Å²) in [6, 6.07) is 0. The SMILES string of the molecule is [B]C(=O)CC(=C)C(C)(C)C. The third-order valence-corrected chi connectivity index (χ3v) is 1.45. The molecule has 2 radical (unpaired) electrons. The van der Waals surface area contributed by atoms with Crippen molar-refractivity contribution >= 4 is 13.5 Å². The van der Waals surface area contributed by atoms with Crippen LogP contribution in [-0.4, -0.2) is 13.5 Å². The van der Waals surface area contributed by atoms with Crippen molar-refractivity contribution in [3.05, 3.63) is 12.2 Å². The summed E-state index contributed by atoms with van der Waals surface area (Å²) in [5.74, 6) is 0. The summed E-state index contributed by atoms with van der Waals surface area (Å²) < 4.78 is 0. The largest absolute Gasteiger partial charge is 0.312 e. The van der Waals surface area contributed by atoms with Gasteiger partial charge in [0.05, 0.1) is 5.68 Å². The molecular formula is C8H13BO. The number of carbonyl (C=O) groups excluding carboxylic acids is 1. The first kappa shape index (κ1) is 9.47. The molecule has 0 aromatic carbocycles. The van der Waals surface area contributed by atoms with Crippen LogP contribution >= 0.6 is 0 Å². The Bertz CT molecular complexity index is 153. The highest BCUT2D eigenvalue weighted by molar-refractivity contribution is 6.57. The Hall–Kier alpha value is -0.525. The molecular weight excluding hydrogens is 123 g/mol. The van der Waals surface area contributed by atoms with Crippen molar-refractivity contribution in [1.29, 1.82) is 0 Å². The molecule has 0 spiro atoms. The minimum absolute atomic E-state index is 0.00493. The van der Waals surface area contributed by atoms with Crippen molar-refractivity contribution in [1.82, 2.24) is 0 Å². The molecule has 0 saturated carbocycles. The molecule has 0 N–H and O–H groups in total. The van der Waals surface area contributed by atoms with Crippen LogP contribution in [0.25, 0.3) is 0 Å². The molecule has 0 unspecified atom stereocenters. The van der Waals surface area contributed by atoms with Crippen LogP contribution in [-0.2, 0) is 4.79 Å². The smallest absolute Gasteiger partial charge is 0.168 e. The summed E-state index contributed by atoms with van der Waals surface area (Å²) >= 11 is 0. The molecule has 0 amide bonds. The van der Waals surface area contributed by atoms with Crippen molar-refractivity contribution in [2.24, 2.45) is 5.41 Å².